The maximum Gasteiger partial charge on any atom is 0.124 e. The number of piperidine rings is 2. The third-order valence-electron chi connectivity index (χ3n) is 5.17. The summed E-state index contributed by atoms with van der Waals surface area (Å²) in [5.74, 6) is -0.400. The first-order valence-corrected chi connectivity index (χ1v) is 7.64. The van der Waals surface area contributed by atoms with Crippen LogP contribution in [0.3, 0.4) is 0 Å². The first-order chi connectivity index (χ1) is 10.0. The van der Waals surface area contributed by atoms with Gasteiger partial charge in [-0.15, -0.1) is 0 Å². The Labute approximate surface area is 125 Å². The molecule has 2 aliphatic heterocycles. The number of rotatable bonds is 2. The fraction of sp³-hybridized carbons (Fsp3) is 0.588. The van der Waals surface area contributed by atoms with Crippen LogP contribution in [0.1, 0.15) is 43.2 Å². The zero-order chi connectivity index (χ0) is 15.0. The summed E-state index contributed by atoms with van der Waals surface area (Å²) in [6, 6.07) is 7.16. The Morgan fingerprint density at radius 1 is 1.38 bits per heavy atom. The second-order valence-electron chi connectivity index (χ2n) is 6.63. The van der Waals surface area contributed by atoms with Gasteiger partial charge in [0.15, 0.2) is 0 Å². The minimum atomic E-state index is -0.772. The van der Waals surface area contributed by atoms with Crippen LogP contribution in [0.15, 0.2) is 18.2 Å². The molecular formula is C17H21FN2O. The van der Waals surface area contributed by atoms with Gasteiger partial charge >= 0.3 is 0 Å². The number of nitriles is 1. The van der Waals surface area contributed by atoms with Crippen LogP contribution in [-0.2, 0) is 6.42 Å². The van der Waals surface area contributed by atoms with Gasteiger partial charge < -0.3 is 10.0 Å². The molecule has 3 nitrogen and oxygen atoms in total. The largest absolute Gasteiger partial charge is 0.389 e. The van der Waals surface area contributed by atoms with E-state index in [1.807, 2.05) is 6.07 Å². The van der Waals surface area contributed by atoms with Crippen LogP contribution < -0.4 is 0 Å². The summed E-state index contributed by atoms with van der Waals surface area (Å²) in [4.78, 5) is 2.40. The maximum atomic E-state index is 13.2. The van der Waals surface area contributed by atoms with Crippen LogP contribution in [0.4, 0.5) is 4.39 Å². The van der Waals surface area contributed by atoms with Crippen LogP contribution >= 0.6 is 0 Å². The highest BCUT2D eigenvalue weighted by Crippen LogP contribution is 2.40. The van der Waals surface area contributed by atoms with Gasteiger partial charge in [-0.25, -0.2) is 4.39 Å². The Kier molecular flexibility index (Phi) is 3.73. The molecule has 2 aliphatic rings. The molecule has 1 aromatic rings. The molecule has 0 radical (unpaired) electrons. The molecule has 0 saturated carbocycles. The molecule has 1 N–H and O–H groups in total. The zero-order valence-electron chi connectivity index (χ0n) is 12.3. The smallest absolute Gasteiger partial charge is 0.124 e. The van der Waals surface area contributed by atoms with E-state index in [1.54, 1.807) is 6.07 Å². The first kappa shape index (κ1) is 14.5. The summed E-state index contributed by atoms with van der Waals surface area (Å²) in [6.07, 6.45) is 5.41. The van der Waals surface area contributed by atoms with Gasteiger partial charge in [0.1, 0.15) is 5.82 Å². The zero-order valence-corrected chi connectivity index (χ0v) is 12.3. The van der Waals surface area contributed by atoms with Crippen molar-refractivity contribution in [2.75, 3.05) is 7.05 Å². The van der Waals surface area contributed by atoms with Crippen LogP contribution in [0.5, 0.6) is 0 Å². The molecule has 3 rings (SSSR count). The van der Waals surface area contributed by atoms with Crippen molar-refractivity contribution < 1.29 is 9.50 Å². The molecule has 1 aromatic carbocycles. The van der Waals surface area contributed by atoms with E-state index < -0.39 is 11.4 Å². The third kappa shape index (κ3) is 2.81. The topological polar surface area (TPSA) is 47.3 Å². The lowest BCUT2D eigenvalue weighted by atomic mass is 9.73. The lowest BCUT2D eigenvalue weighted by Crippen LogP contribution is -2.57. The summed E-state index contributed by atoms with van der Waals surface area (Å²) < 4.78 is 13.2. The van der Waals surface area contributed by atoms with Crippen molar-refractivity contribution in [3.8, 4) is 6.07 Å². The molecular weight excluding hydrogens is 267 g/mol. The normalized spacial score (nSPS) is 32.7. The van der Waals surface area contributed by atoms with Crippen molar-refractivity contribution in [2.45, 2.75) is 56.2 Å². The predicted octanol–water partition coefficient (Wildman–Crippen LogP) is 2.62. The summed E-state index contributed by atoms with van der Waals surface area (Å²) in [5, 5.41) is 20.2. The van der Waals surface area contributed by atoms with Gasteiger partial charge in [-0.1, -0.05) is 12.5 Å². The highest BCUT2D eigenvalue weighted by Gasteiger charge is 2.44. The summed E-state index contributed by atoms with van der Waals surface area (Å²) in [6.45, 7) is 0. The van der Waals surface area contributed by atoms with Crippen LogP contribution in [-0.4, -0.2) is 34.7 Å². The Balaban J connectivity index is 1.83. The van der Waals surface area contributed by atoms with Gasteiger partial charge in [-0.2, -0.15) is 5.26 Å². The van der Waals surface area contributed by atoms with E-state index in [1.165, 1.54) is 18.6 Å². The Morgan fingerprint density at radius 2 is 2.05 bits per heavy atom. The minimum Gasteiger partial charge on any atom is -0.389 e. The van der Waals surface area contributed by atoms with Crippen LogP contribution in [0.2, 0.25) is 0 Å². The number of aliphatic hydroxyl groups is 1. The molecule has 2 fully saturated rings. The second kappa shape index (κ2) is 5.40. The number of benzene rings is 1. The highest BCUT2D eigenvalue weighted by molar-refractivity contribution is 5.39. The van der Waals surface area contributed by atoms with Crippen LogP contribution in [0, 0.1) is 17.1 Å². The van der Waals surface area contributed by atoms with E-state index >= 15 is 0 Å². The molecule has 2 unspecified atom stereocenters. The molecule has 0 amide bonds. The van der Waals surface area contributed by atoms with Crippen molar-refractivity contribution in [3.05, 3.63) is 35.1 Å². The van der Waals surface area contributed by atoms with Gasteiger partial charge in [-0.3, -0.25) is 0 Å². The summed E-state index contributed by atoms with van der Waals surface area (Å²) in [7, 11) is 2.15. The van der Waals surface area contributed by atoms with E-state index in [4.69, 9.17) is 5.26 Å². The van der Waals surface area contributed by atoms with Crippen molar-refractivity contribution in [1.82, 2.24) is 4.90 Å². The number of hydrogen-bond acceptors (Lipinski definition) is 3. The summed E-state index contributed by atoms with van der Waals surface area (Å²) >= 11 is 0. The molecule has 2 saturated heterocycles. The molecule has 2 atom stereocenters. The fourth-order valence-corrected chi connectivity index (χ4v) is 4.05. The average molecular weight is 288 g/mol. The number of halogens is 1. The van der Waals surface area contributed by atoms with Gasteiger partial charge in [-0.05, 0) is 50.4 Å². The molecule has 0 aliphatic carbocycles. The Bertz CT molecular complexity index is 567. The standard InChI is InChI=1S/C17H21FN2O/c1-20-15-3-2-4-16(20)10-17(21,9-15)8-12-5-6-14(18)7-13(12)11-19/h5-7,15-16,21H,2-4,8-10H2,1H3. The van der Waals surface area contributed by atoms with E-state index in [2.05, 4.69) is 11.9 Å². The SMILES string of the molecule is CN1C2CCCC1CC(O)(Cc1ccc(F)cc1C#N)C2. The quantitative estimate of drug-likeness (QED) is 0.910. The fourth-order valence-electron chi connectivity index (χ4n) is 4.05. The van der Waals surface area contributed by atoms with Crippen molar-refractivity contribution in [3.63, 3.8) is 0 Å². The van der Waals surface area contributed by atoms with E-state index in [-0.39, 0.29) is 0 Å². The maximum absolute atomic E-state index is 13.2. The Hall–Kier alpha value is -1.44. The van der Waals surface area contributed by atoms with Crippen molar-refractivity contribution >= 4 is 0 Å². The first-order valence-electron chi connectivity index (χ1n) is 7.64. The average Bonchev–Trinajstić information content (AvgIpc) is 2.43. The number of fused-ring (bicyclic) bond motifs is 2. The van der Waals surface area contributed by atoms with Gasteiger partial charge in [0.2, 0.25) is 0 Å². The van der Waals surface area contributed by atoms with Gasteiger partial charge in [0, 0.05) is 18.5 Å². The molecule has 21 heavy (non-hydrogen) atoms. The molecule has 2 bridgehead atoms. The van der Waals surface area contributed by atoms with Crippen molar-refractivity contribution in [2.24, 2.45) is 0 Å². The molecule has 0 spiro atoms. The Morgan fingerprint density at radius 3 is 2.67 bits per heavy atom. The number of nitrogens with zero attached hydrogens (tertiary/aromatic N) is 2. The molecule has 4 heteroatoms. The van der Waals surface area contributed by atoms with E-state index in [9.17, 15) is 9.50 Å². The lowest BCUT2D eigenvalue weighted by Gasteiger charge is -2.50. The highest BCUT2D eigenvalue weighted by atomic mass is 19.1. The third-order valence-corrected chi connectivity index (χ3v) is 5.17. The van der Waals surface area contributed by atoms with E-state index in [0.717, 1.165) is 31.2 Å². The van der Waals surface area contributed by atoms with Crippen LogP contribution in [0.25, 0.3) is 0 Å². The monoisotopic (exact) mass is 288 g/mol. The summed E-state index contributed by atoms with van der Waals surface area (Å²) in [5.41, 5.74) is 0.322. The lowest BCUT2D eigenvalue weighted by molar-refractivity contribution is -0.0820. The van der Waals surface area contributed by atoms with E-state index in [0.29, 0.717) is 24.1 Å². The van der Waals surface area contributed by atoms with Crippen molar-refractivity contribution in [1.29, 1.82) is 5.26 Å². The minimum absolute atomic E-state index is 0.340. The van der Waals surface area contributed by atoms with Gasteiger partial charge in [0.25, 0.3) is 0 Å². The second-order valence-corrected chi connectivity index (χ2v) is 6.63. The van der Waals surface area contributed by atoms with Gasteiger partial charge in [0.05, 0.1) is 17.2 Å². The molecule has 0 aromatic heterocycles. The number of hydrogen-bond donors (Lipinski definition) is 1. The predicted molar refractivity (Wildman–Crippen MR) is 78.2 cm³/mol. The molecule has 2 heterocycles. The molecule has 112 valence electrons.